The first kappa shape index (κ1) is 11.9. The Balaban J connectivity index is 2.43. The monoisotopic (exact) mass is 240 g/mol. The summed E-state index contributed by atoms with van der Waals surface area (Å²) in [6, 6.07) is 11.0. The van der Waals surface area contributed by atoms with Crippen molar-refractivity contribution in [2.45, 2.75) is 13.0 Å². The van der Waals surface area contributed by atoms with Crippen LogP contribution in [0.1, 0.15) is 16.8 Å². The average Bonchev–Trinajstić information content (AvgIpc) is 2.82. The molecule has 0 atom stereocenters. The van der Waals surface area contributed by atoms with Gasteiger partial charge in [-0.15, -0.1) is 0 Å². The summed E-state index contributed by atoms with van der Waals surface area (Å²) < 4.78 is 1.46. The molecule has 0 amide bonds. The normalized spacial score (nSPS) is 9.94. The molecule has 0 bridgehead atoms. The fraction of sp³-hybridized carbons (Fsp3) is 0.154. The number of nitrogens with zero attached hydrogens (tertiary/aromatic N) is 3. The SMILES string of the molecule is N#CCCn1cc(C(=O)[O-])c(-c2ccccc2)n1. The quantitative estimate of drug-likeness (QED) is 0.792. The van der Waals surface area contributed by atoms with E-state index in [4.69, 9.17) is 5.26 Å². The number of rotatable bonds is 4. The second-order valence-corrected chi connectivity index (χ2v) is 3.72. The number of carbonyl (C=O) groups excluding carboxylic acids is 1. The molecule has 0 aliphatic carbocycles. The van der Waals surface area contributed by atoms with E-state index in [1.165, 1.54) is 10.9 Å². The molecule has 1 aromatic carbocycles. The number of benzene rings is 1. The molecule has 90 valence electrons. The molecule has 0 radical (unpaired) electrons. The summed E-state index contributed by atoms with van der Waals surface area (Å²) in [4.78, 5) is 11.1. The van der Waals surface area contributed by atoms with Crippen LogP contribution in [-0.2, 0) is 6.54 Å². The predicted octanol–water partition coefficient (Wildman–Crippen LogP) is 0.827. The first-order valence-corrected chi connectivity index (χ1v) is 5.43. The molecule has 5 heteroatoms. The minimum absolute atomic E-state index is 0.0409. The molecule has 0 fully saturated rings. The van der Waals surface area contributed by atoms with Crippen LogP contribution in [0.5, 0.6) is 0 Å². The van der Waals surface area contributed by atoms with Crippen molar-refractivity contribution in [2.75, 3.05) is 0 Å². The van der Waals surface area contributed by atoms with Gasteiger partial charge in [-0.3, -0.25) is 4.68 Å². The van der Waals surface area contributed by atoms with E-state index in [1.807, 2.05) is 24.3 Å². The van der Waals surface area contributed by atoms with Crippen LogP contribution in [0.2, 0.25) is 0 Å². The molecular formula is C13H10N3O2-. The maximum atomic E-state index is 11.1. The largest absolute Gasteiger partial charge is 0.545 e. The third-order valence-electron chi connectivity index (χ3n) is 2.48. The van der Waals surface area contributed by atoms with Gasteiger partial charge in [0.25, 0.3) is 0 Å². The summed E-state index contributed by atoms with van der Waals surface area (Å²) in [7, 11) is 0. The Morgan fingerprint density at radius 2 is 2.11 bits per heavy atom. The van der Waals surface area contributed by atoms with Gasteiger partial charge in [-0.25, -0.2) is 0 Å². The molecular weight excluding hydrogens is 230 g/mol. The maximum absolute atomic E-state index is 11.1. The molecule has 5 nitrogen and oxygen atoms in total. The van der Waals surface area contributed by atoms with Crippen LogP contribution in [0.4, 0.5) is 0 Å². The average molecular weight is 240 g/mol. The molecule has 0 unspecified atom stereocenters. The molecule has 0 aliphatic rings. The highest BCUT2D eigenvalue weighted by Gasteiger charge is 2.11. The lowest BCUT2D eigenvalue weighted by Crippen LogP contribution is -2.22. The van der Waals surface area contributed by atoms with Crippen LogP contribution < -0.4 is 5.11 Å². The number of carboxylic acid groups (broad SMARTS) is 1. The van der Waals surface area contributed by atoms with Gasteiger partial charge in [0.05, 0.1) is 25.0 Å². The lowest BCUT2D eigenvalue weighted by Gasteiger charge is -2.01. The predicted molar refractivity (Wildman–Crippen MR) is 62.2 cm³/mol. The van der Waals surface area contributed by atoms with Crippen molar-refractivity contribution >= 4 is 5.97 Å². The lowest BCUT2D eigenvalue weighted by molar-refractivity contribution is -0.254. The number of hydrogen-bond acceptors (Lipinski definition) is 4. The summed E-state index contributed by atoms with van der Waals surface area (Å²) in [5.74, 6) is -1.27. The Kier molecular flexibility index (Phi) is 3.39. The van der Waals surface area contributed by atoms with Gasteiger partial charge in [0.15, 0.2) is 0 Å². The van der Waals surface area contributed by atoms with Gasteiger partial charge < -0.3 is 9.90 Å². The number of nitriles is 1. The maximum Gasteiger partial charge on any atom is 0.101 e. The zero-order valence-corrected chi connectivity index (χ0v) is 9.54. The van der Waals surface area contributed by atoms with E-state index in [-0.39, 0.29) is 12.0 Å². The number of carbonyl (C=O) groups is 1. The van der Waals surface area contributed by atoms with E-state index in [2.05, 4.69) is 5.10 Å². The zero-order valence-electron chi connectivity index (χ0n) is 9.54. The number of aryl methyl sites for hydroxylation is 1. The molecule has 2 rings (SSSR count). The molecule has 0 saturated carbocycles. The highest BCUT2D eigenvalue weighted by Crippen LogP contribution is 2.21. The first-order chi connectivity index (χ1) is 8.72. The van der Waals surface area contributed by atoms with Crippen LogP contribution >= 0.6 is 0 Å². The van der Waals surface area contributed by atoms with Gasteiger partial charge in [-0.2, -0.15) is 10.4 Å². The first-order valence-electron chi connectivity index (χ1n) is 5.43. The number of hydrogen-bond donors (Lipinski definition) is 0. The van der Waals surface area contributed by atoms with Crippen molar-refractivity contribution in [3.8, 4) is 17.3 Å². The lowest BCUT2D eigenvalue weighted by atomic mass is 10.1. The van der Waals surface area contributed by atoms with Crippen molar-refractivity contribution in [3.05, 3.63) is 42.1 Å². The second kappa shape index (κ2) is 5.15. The van der Waals surface area contributed by atoms with Gasteiger partial charge in [0, 0.05) is 17.3 Å². The standard InChI is InChI=1S/C13H11N3O2/c14-7-4-8-16-9-11(13(17)18)12(15-16)10-5-2-1-3-6-10/h1-3,5-6,9H,4,8H2,(H,17,18)/p-1. The van der Waals surface area contributed by atoms with Gasteiger partial charge in [0.1, 0.15) is 5.69 Å². The molecule has 18 heavy (non-hydrogen) atoms. The fourth-order valence-electron chi connectivity index (χ4n) is 1.66. The van der Waals surface area contributed by atoms with Crippen molar-refractivity contribution in [3.63, 3.8) is 0 Å². The van der Waals surface area contributed by atoms with Crippen LogP contribution in [0, 0.1) is 11.3 Å². The van der Waals surface area contributed by atoms with Crippen LogP contribution in [0.15, 0.2) is 36.5 Å². The highest BCUT2D eigenvalue weighted by atomic mass is 16.4. The Morgan fingerprint density at radius 3 is 2.72 bits per heavy atom. The van der Waals surface area contributed by atoms with E-state index < -0.39 is 5.97 Å². The van der Waals surface area contributed by atoms with Crippen molar-refractivity contribution in [1.29, 1.82) is 5.26 Å². The fourth-order valence-corrected chi connectivity index (χ4v) is 1.66. The highest BCUT2D eigenvalue weighted by molar-refractivity contribution is 5.93. The van der Waals surface area contributed by atoms with Gasteiger partial charge in [0.2, 0.25) is 0 Å². The summed E-state index contributed by atoms with van der Waals surface area (Å²) in [5, 5.41) is 23.7. The third kappa shape index (κ3) is 2.38. The van der Waals surface area contributed by atoms with E-state index in [0.29, 0.717) is 17.8 Å². The minimum Gasteiger partial charge on any atom is -0.545 e. The van der Waals surface area contributed by atoms with E-state index in [1.54, 1.807) is 12.1 Å². The molecule has 2 aromatic rings. The minimum atomic E-state index is -1.27. The smallest absolute Gasteiger partial charge is 0.101 e. The van der Waals surface area contributed by atoms with Crippen LogP contribution in [-0.4, -0.2) is 15.7 Å². The molecule has 0 spiro atoms. The summed E-state index contributed by atoms with van der Waals surface area (Å²) in [6.07, 6.45) is 1.68. The summed E-state index contributed by atoms with van der Waals surface area (Å²) in [5.41, 5.74) is 1.13. The van der Waals surface area contributed by atoms with Crippen LogP contribution in [0.3, 0.4) is 0 Å². The Labute approximate surface area is 104 Å². The number of carboxylic acids is 1. The molecule has 0 saturated heterocycles. The molecule has 0 N–H and O–H groups in total. The Morgan fingerprint density at radius 1 is 1.39 bits per heavy atom. The summed E-state index contributed by atoms with van der Waals surface area (Å²) in [6.45, 7) is 0.365. The summed E-state index contributed by atoms with van der Waals surface area (Å²) >= 11 is 0. The van der Waals surface area contributed by atoms with Crippen molar-refractivity contribution < 1.29 is 9.90 Å². The van der Waals surface area contributed by atoms with Gasteiger partial charge in [-0.1, -0.05) is 30.3 Å². The Bertz CT molecular complexity index is 596. The number of aromatic carboxylic acids is 1. The van der Waals surface area contributed by atoms with Crippen LogP contribution in [0.25, 0.3) is 11.3 Å². The molecule has 1 aromatic heterocycles. The van der Waals surface area contributed by atoms with E-state index >= 15 is 0 Å². The van der Waals surface area contributed by atoms with Crippen molar-refractivity contribution in [2.24, 2.45) is 0 Å². The molecule has 0 aliphatic heterocycles. The topological polar surface area (TPSA) is 81.7 Å². The van der Waals surface area contributed by atoms with E-state index in [0.717, 1.165) is 0 Å². The second-order valence-electron chi connectivity index (χ2n) is 3.72. The number of aromatic nitrogens is 2. The zero-order chi connectivity index (χ0) is 13.0. The van der Waals surface area contributed by atoms with Crippen molar-refractivity contribution in [1.82, 2.24) is 9.78 Å². The third-order valence-corrected chi connectivity index (χ3v) is 2.48. The van der Waals surface area contributed by atoms with Gasteiger partial charge in [-0.05, 0) is 0 Å². The Hall–Kier alpha value is -2.61. The van der Waals surface area contributed by atoms with E-state index in [9.17, 15) is 9.90 Å². The van der Waals surface area contributed by atoms with Gasteiger partial charge >= 0.3 is 0 Å². The molecule has 1 heterocycles.